The average Bonchev–Trinajstić information content (AvgIpc) is 0.967. The molecule has 600 valence electrons. The molecule has 3 aromatic heterocycles. The fraction of sp³-hybridized carbons (Fsp3) is 0.482. The largest absolute Gasteiger partial charge is 0.506 e. The highest BCUT2D eigenvalue weighted by molar-refractivity contribution is 5.97. The summed E-state index contributed by atoms with van der Waals surface area (Å²) in [6.07, 6.45) is 11.2. The van der Waals surface area contributed by atoms with Gasteiger partial charge in [0, 0.05) is 133 Å². The van der Waals surface area contributed by atoms with E-state index < -0.39 is 17.8 Å². The van der Waals surface area contributed by atoms with Gasteiger partial charge < -0.3 is 90.0 Å². The maximum absolute atomic E-state index is 13.8. The topological polar surface area (TPSA) is 330 Å². The van der Waals surface area contributed by atoms with E-state index in [1.54, 1.807) is 30.1 Å². The van der Waals surface area contributed by atoms with Gasteiger partial charge in [-0.3, -0.25) is 29.0 Å². The van der Waals surface area contributed by atoms with Crippen molar-refractivity contribution in [2.45, 2.75) is 126 Å². The molecule has 28 nitrogen and oxygen atoms in total. The number of likely N-dealkylation sites (tertiary alicyclic amines) is 2. The molecule has 9 N–H and O–H groups in total. The summed E-state index contributed by atoms with van der Waals surface area (Å²) in [5.41, 5.74) is 6.93. The number of aromatic nitrogens is 5. The highest BCUT2D eigenvalue weighted by Crippen LogP contribution is 2.44. The molecule has 1 aliphatic carbocycles. The standard InChI is InChI=1S/C85H107N15O13/c1-95(39-34-86-52-72(103)65-17-20-70(101)79-66(65)19-22-75(105)93-79)77(107)27-45-109-43-26-60-10-8-12-62(50-60)55-97-38-31-85(58-99(42-48-113-85)83-89-33-24-74(92-83)90-63-13-3-2-4-14-63)51-69(97)68-23-32-88-82(91-68)98-41-47-112-84(57-98)29-36-96(37-30-84)54-61-11-7-9-59(49-61)25-44-110-46-28-78(108)100(64-15-5-6-16-64)40-35-87-53-73(104)67-18-21-71(102)80-81(67)111-56-76(106)94-80/h2-4,7-14,17-24,32-33,49-50,64,69,72-73,86-87,101-104H,5-6,15-16,25-31,34-48,51-58H2,1H3,(H,93,105)(H,94,106)(H,89,90,92)/t69?,72-,73-,85?/m0/s1. The van der Waals surface area contributed by atoms with Gasteiger partial charge in [0.1, 0.15) is 23.0 Å². The van der Waals surface area contributed by atoms with Gasteiger partial charge in [-0.15, -0.1) is 0 Å². The molecule has 6 aliphatic rings. The number of phenols is 2. The lowest BCUT2D eigenvalue weighted by Crippen LogP contribution is -2.58. The van der Waals surface area contributed by atoms with Crippen molar-refractivity contribution in [1.29, 1.82) is 0 Å². The number of anilines is 5. The molecule has 1 saturated carbocycles. The number of ether oxygens (including phenoxy) is 5. The van der Waals surface area contributed by atoms with E-state index in [4.69, 9.17) is 43.6 Å². The first-order valence-corrected chi connectivity index (χ1v) is 40.1. The number of para-hydroxylation sites is 1. The van der Waals surface area contributed by atoms with E-state index in [9.17, 15) is 39.6 Å². The predicted octanol–water partition coefficient (Wildman–Crippen LogP) is 7.85. The van der Waals surface area contributed by atoms with E-state index in [1.165, 1.54) is 34.9 Å². The summed E-state index contributed by atoms with van der Waals surface area (Å²) in [6.45, 7) is 11.5. The van der Waals surface area contributed by atoms with Gasteiger partial charge in [-0.1, -0.05) is 85.6 Å². The lowest BCUT2D eigenvalue weighted by molar-refractivity contribution is -0.134. The Morgan fingerprint density at radius 2 is 1.28 bits per heavy atom. The van der Waals surface area contributed by atoms with Crippen molar-refractivity contribution in [2.75, 3.05) is 159 Å². The fourth-order valence-electron chi connectivity index (χ4n) is 16.7. The van der Waals surface area contributed by atoms with Crippen LogP contribution in [0.25, 0.3) is 10.9 Å². The molecule has 5 aromatic carbocycles. The summed E-state index contributed by atoms with van der Waals surface area (Å²) in [6, 6.07) is 40.6. The van der Waals surface area contributed by atoms with Crippen molar-refractivity contribution in [1.82, 2.24) is 55.2 Å². The first-order valence-electron chi connectivity index (χ1n) is 40.1. The molecule has 8 aromatic rings. The van der Waals surface area contributed by atoms with Crippen LogP contribution in [-0.2, 0) is 59.3 Å². The zero-order chi connectivity index (χ0) is 78.1. The van der Waals surface area contributed by atoms with Crippen LogP contribution in [0.15, 0.2) is 145 Å². The van der Waals surface area contributed by atoms with Crippen molar-refractivity contribution in [3.05, 3.63) is 189 Å². The normalized spacial score (nSPS) is 19.2. The number of rotatable bonds is 34. The van der Waals surface area contributed by atoms with Crippen LogP contribution < -0.4 is 41.4 Å². The van der Waals surface area contributed by atoms with Crippen LogP contribution in [0.1, 0.15) is 122 Å². The number of hydrogen-bond donors (Lipinski definition) is 9. The van der Waals surface area contributed by atoms with Gasteiger partial charge in [-0.05, 0) is 128 Å². The van der Waals surface area contributed by atoms with Gasteiger partial charge in [0.05, 0.1) is 106 Å². The third kappa shape index (κ3) is 20.8. The van der Waals surface area contributed by atoms with Crippen molar-refractivity contribution in [2.24, 2.45) is 0 Å². The molecule has 3 amide bonds. The number of amides is 3. The minimum atomic E-state index is -0.960. The lowest BCUT2D eigenvalue weighted by atomic mass is 9.83. The van der Waals surface area contributed by atoms with Gasteiger partial charge in [-0.2, -0.15) is 4.98 Å². The summed E-state index contributed by atoms with van der Waals surface area (Å²) in [7, 11) is 1.76. The second-order valence-corrected chi connectivity index (χ2v) is 30.8. The monoisotopic (exact) mass is 1550 g/mol. The molecule has 4 atom stereocenters. The highest BCUT2D eigenvalue weighted by Gasteiger charge is 2.47. The summed E-state index contributed by atoms with van der Waals surface area (Å²) in [4.78, 5) is 86.9. The Morgan fingerprint density at radius 1 is 0.655 bits per heavy atom. The molecule has 8 heterocycles. The molecule has 2 spiro atoms. The molecule has 28 heteroatoms. The Hall–Kier alpha value is -9.72. The number of aromatic amines is 1. The Labute approximate surface area is 659 Å². The van der Waals surface area contributed by atoms with E-state index in [2.05, 4.69) is 100 Å². The predicted molar refractivity (Wildman–Crippen MR) is 429 cm³/mol. The first kappa shape index (κ1) is 79.9. The molecule has 2 unspecified atom stereocenters. The number of morpholine rings is 2. The number of carbonyl (C=O) groups is 3. The number of fused-ring (bicyclic) bond motifs is 2. The molecule has 113 heavy (non-hydrogen) atoms. The number of aromatic hydroxyl groups is 2. The first-order chi connectivity index (χ1) is 55.1. The summed E-state index contributed by atoms with van der Waals surface area (Å²) < 4.78 is 31.5. The molecule has 0 radical (unpaired) electrons. The van der Waals surface area contributed by atoms with Crippen molar-refractivity contribution < 1.29 is 58.5 Å². The Balaban J connectivity index is 0.554. The number of aliphatic hydroxyl groups excluding tert-OH is 2. The van der Waals surface area contributed by atoms with Crippen molar-refractivity contribution in [3.63, 3.8) is 0 Å². The number of nitrogens with one attached hydrogen (secondary N) is 5. The second kappa shape index (κ2) is 37.9. The van der Waals surface area contributed by atoms with Crippen molar-refractivity contribution >= 4 is 57.7 Å². The minimum Gasteiger partial charge on any atom is -0.506 e. The van der Waals surface area contributed by atoms with E-state index in [0.717, 1.165) is 100 Å². The van der Waals surface area contributed by atoms with Gasteiger partial charge >= 0.3 is 0 Å². The number of H-pyrrole nitrogens is 1. The molecule has 5 fully saturated rings. The smallest absolute Gasteiger partial charge is 0.262 e. The third-order valence-electron chi connectivity index (χ3n) is 22.9. The second-order valence-electron chi connectivity index (χ2n) is 30.8. The maximum atomic E-state index is 13.8. The van der Waals surface area contributed by atoms with Crippen LogP contribution in [0.3, 0.4) is 0 Å². The van der Waals surface area contributed by atoms with Crippen LogP contribution >= 0.6 is 0 Å². The van der Waals surface area contributed by atoms with Crippen molar-refractivity contribution in [3.8, 4) is 17.2 Å². The minimum absolute atomic E-state index is 0.0430. The number of hydrogen-bond acceptors (Lipinski definition) is 24. The van der Waals surface area contributed by atoms with Gasteiger partial charge in [0.25, 0.3) is 5.91 Å². The fourth-order valence-corrected chi connectivity index (χ4v) is 16.7. The number of aliphatic hydroxyl groups is 2. The molecular weight excluding hydrogens is 1440 g/mol. The maximum Gasteiger partial charge on any atom is 0.262 e. The van der Waals surface area contributed by atoms with Crippen LogP contribution in [0.5, 0.6) is 17.2 Å². The van der Waals surface area contributed by atoms with Gasteiger partial charge in [0.2, 0.25) is 29.3 Å². The van der Waals surface area contributed by atoms with Crippen LogP contribution in [0, 0.1) is 0 Å². The quantitative estimate of drug-likeness (QED) is 0.0137. The molecule has 14 rings (SSSR count). The Morgan fingerprint density at radius 3 is 2.02 bits per heavy atom. The Bertz CT molecular complexity index is 4590. The molecule has 4 saturated heterocycles. The van der Waals surface area contributed by atoms with Crippen LogP contribution in [0.2, 0.25) is 0 Å². The SMILES string of the molecule is CN(CCNC[C@H](O)c1ccc(O)c2[nH]c(=O)ccc12)C(=O)CCOCCc1cccc(CN2CCC3(CC2c2ccnc(N4CCOC5(CCN(Cc6cccc(CCOCCC(=O)N(CCNC[C@H](O)c7ccc(O)c8c7OCC(=O)N8)C7CCCC7)c6)CC5)C4)n2)CN(c2nccc(Nc4ccccc4)n2)CCO3)c1. The summed E-state index contributed by atoms with van der Waals surface area (Å²) in [5, 5.41) is 55.7. The zero-order valence-corrected chi connectivity index (χ0v) is 64.6. The number of carbonyl (C=O) groups excluding carboxylic acids is 3. The van der Waals surface area contributed by atoms with Crippen LogP contribution in [0.4, 0.5) is 29.1 Å². The zero-order valence-electron chi connectivity index (χ0n) is 64.6. The number of likely N-dealkylation sites (N-methyl/N-ethyl adjacent to an activating group) is 1. The van der Waals surface area contributed by atoms with Gasteiger partial charge in [0.15, 0.2) is 12.4 Å². The van der Waals surface area contributed by atoms with Crippen LogP contribution in [-0.4, -0.2) is 238 Å². The Kier molecular flexibility index (Phi) is 26.8. The number of nitrogens with zero attached hydrogens (tertiary/aromatic N) is 10. The van der Waals surface area contributed by atoms with E-state index in [0.29, 0.717) is 133 Å². The number of benzene rings is 5. The highest BCUT2D eigenvalue weighted by atomic mass is 16.5. The average molecular weight is 1550 g/mol. The van der Waals surface area contributed by atoms with Gasteiger partial charge in [-0.25, -0.2) is 15.0 Å². The molecular formula is C85H107N15O13. The summed E-state index contributed by atoms with van der Waals surface area (Å²) >= 11 is 0. The molecule has 5 aliphatic heterocycles. The number of pyridine rings is 1. The lowest BCUT2D eigenvalue weighted by Gasteiger charge is -2.50. The number of phenolic OH excluding ortho intramolecular Hbond substituents is 2. The van der Waals surface area contributed by atoms with E-state index >= 15 is 0 Å². The van der Waals surface area contributed by atoms with E-state index in [1.807, 2.05) is 53.7 Å². The van der Waals surface area contributed by atoms with E-state index in [-0.39, 0.29) is 109 Å². The summed E-state index contributed by atoms with van der Waals surface area (Å²) in [5.74, 6) is 1.79. The molecule has 0 bridgehead atoms. The number of piperidine rings is 2. The third-order valence-corrected chi connectivity index (χ3v) is 22.9.